The van der Waals surface area contributed by atoms with Gasteiger partial charge in [0.05, 0.1) is 30.5 Å². The van der Waals surface area contributed by atoms with Crippen molar-refractivity contribution in [2.45, 2.75) is 12.5 Å². The van der Waals surface area contributed by atoms with Crippen LogP contribution in [-0.4, -0.2) is 32.7 Å². The van der Waals surface area contributed by atoms with E-state index in [9.17, 15) is 4.79 Å². The summed E-state index contributed by atoms with van der Waals surface area (Å²) in [7, 11) is 3.32. The van der Waals surface area contributed by atoms with Gasteiger partial charge in [0.1, 0.15) is 5.75 Å². The van der Waals surface area contributed by atoms with Gasteiger partial charge in [0.15, 0.2) is 0 Å². The minimum Gasteiger partial charge on any atom is -0.495 e. The predicted octanol–water partition coefficient (Wildman–Crippen LogP) is 0.892. The fourth-order valence-corrected chi connectivity index (χ4v) is 2.16. The molecule has 5 nitrogen and oxygen atoms in total. The van der Waals surface area contributed by atoms with Gasteiger partial charge in [0, 0.05) is 12.6 Å². The van der Waals surface area contributed by atoms with Gasteiger partial charge >= 0.3 is 0 Å². The number of carbonyl (C=O) groups is 1. The second kappa shape index (κ2) is 5.07. The molecule has 1 aromatic carbocycles. The molecule has 0 saturated carbocycles. The number of nitrogens with zero attached hydrogens (tertiary/aromatic N) is 2. The molecule has 1 atom stereocenters. The number of benzene rings is 1. The lowest BCUT2D eigenvalue weighted by Gasteiger charge is -2.19. The zero-order chi connectivity index (χ0) is 13.1. The maximum atomic E-state index is 12.1. The fraction of sp³-hybridized carbons (Fsp3) is 0.385. The minimum atomic E-state index is -0.134. The van der Waals surface area contributed by atoms with E-state index in [-0.39, 0.29) is 11.9 Å². The van der Waals surface area contributed by atoms with E-state index in [1.165, 1.54) is 7.11 Å². The molecule has 0 aromatic heterocycles. The van der Waals surface area contributed by atoms with Crippen LogP contribution in [0.3, 0.4) is 0 Å². The highest BCUT2D eigenvalue weighted by molar-refractivity contribution is 6.00. The van der Waals surface area contributed by atoms with Crippen LogP contribution in [0.2, 0.25) is 0 Å². The van der Waals surface area contributed by atoms with Crippen LogP contribution < -0.4 is 15.0 Å². The molecule has 1 N–H and O–H groups in total. The number of hydrogen-bond donors (Lipinski definition) is 1. The zero-order valence-electron chi connectivity index (χ0n) is 10.4. The Hall–Kier alpha value is -2.06. The Morgan fingerprint density at radius 1 is 1.56 bits per heavy atom. The van der Waals surface area contributed by atoms with Crippen LogP contribution in [-0.2, 0) is 4.79 Å². The molecule has 1 amide bonds. The Balaban J connectivity index is 2.35. The van der Waals surface area contributed by atoms with Gasteiger partial charge in [-0.15, -0.1) is 0 Å². The first-order valence-electron chi connectivity index (χ1n) is 5.78. The Bertz CT molecular complexity index is 507. The largest absolute Gasteiger partial charge is 0.495 e. The van der Waals surface area contributed by atoms with Crippen LogP contribution >= 0.6 is 0 Å². The number of nitrogens with one attached hydrogen (secondary N) is 1. The van der Waals surface area contributed by atoms with Gasteiger partial charge in [-0.25, -0.2) is 0 Å². The lowest BCUT2D eigenvalue weighted by Crippen LogP contribution is -2.36. The first-order valence-corrected chi connectivity index (χ1v) is 5.78. The highest BCUT2D eigenvalue weighted by Crippen LogP contribution is 2.32. The van der Waals surface area contributed by atoms with Gasteiger partial charge in [0.2, 0.25) is 5.91 Å². The molecule has 1 aliphatic rings. The van der Waals surface area contributed by atoms with Crippen molar-refractivity contribution in [3.05, 3.63) is 23.8 Å². The van der Waals surface area contributed by atoms with Crippen molar-refractivity contribution in [3.8, 4) is 11.8 Å². The molecule has 1 aromatic rings. The Morgan fingerprint density at radius 3 is 2.89 bits per heavy atom. The third kappa shape index (κ3) is 2.03. The molecule has 18 heavy (non-hydrogen) atoms. The summed E-state index contributed by atoms with van der Waals surface area (Å²) in [6.45, 7) is 0.659. The molecule has 0 aliphatic carbocycles. The highest BCUT2D eigenvalue weighted by Gasteiger charge is 2.32. The Labute approximate surface area is 106 Å². The van der Waals surface area contributed by atoms with Crippen molar-refractivity contribution in [2.75, 3.05) is 25.6 Å². The van der Waals surface area contributed by atoms with Crippen LogP contribution in [0.4, 0.5) is 5.69 Å². The molecule has 1 heterocycles. The second-order valence-corrected chi connectivity index (χ2v) is 4.12. The van der Waals surface area contributed by atoms with E-state index >= 15 is 0 Å². The molecule has 0 bridgehead atoms. The van der Waals surface area contributed by atoms with Gasteiger partial charge in [-0.05, 0) is 25.6 Å². The van der Waals surface area contributed by atoms with E-state index in [1.54, 1.807) is 30.1 Å². The lowest BCUT2D eigenvalue weighted by molar-refractivity contribution is -0.118. The maximum absolute atomic E-state index is 12.1. The standard InChI is InChI=1S/C13H15N3O2/c1-15-10-5-6-16(13(10)17)11-4-3-9(8-14)7-12(11)18-2/h3-4,7,10,15H,5-6H2,1-2H3. The molecule has 1 fully saturated rings. The number of hydrogen-bond acceptors (Lipinski definition) is 4. The normalized spacial score (nSPS) is 18.8. The lowest BCUT2D eigenvalue weighted by atomic mass is 10.2. The first kappa shape index (κ1) is 12.4. The van der Waals surface area contributed by atoms with E-state index in [0.29, 0.717) is 17.9 Å². The second-order valence-electron chi connectivity index (χ2n) is 4.12. The molecule has 1 unspecified atom stereocenters. The van der Waals surface area contributed by atoms with E-state index in [2.05, 4.69) is 11.4 Å². The van der Waals surface area contributed by atoms with Gasteiger partial charge in [-0.1, -0.05) is 0 Å². The summed E-state index contributed by atoms with van der Waals surface area (Å²) in [4.78, 5) is 13.8. The molecule has 2 rings (SSSR count). The third-order valence-corrected chi connectivity index (χ3v) is 3.15. The van der Waals surface area contributed by atoms with Crippen LogP contribution in [0.5, 0.6) is 5.75 Å². The van der Waals surface area contributed by atoms with E-state index in [0.717, 1.165) is 12.1 Å². The highest BCUT2D eigenvalue weighted by atomic mass is 16.5. The third-order valence-electron chi connectivity index (χ3n) is 3.15. The average molecular weight is 245 g/mol. The first-order chi connectivity index (χ1) is 8.71. The zero-order valence-corrected chi connectivity index (χ0v) is 10.4. The molecule has 94 valence electrons. The van der Waals surface area contributed by atoms with Crippen molar-refractivity contribution in [2.24, 2.45) is 0 Å². The van der Waals surface area contributed by atoms with Crippen LogP contribution in [0.25, 0.3) is 0 Å². The Kier molecular flexibility index (Phi) is 3.49. The molecule has 0 spiro atoms. The SMILES string of the molecule is CNC1CCN(c2ccc(C#N)cc2OC)C1=O. The monoisotopic (exact) mass is 245 g/mol. The van der Waals surface area contributed by atoms with Gasteiger partial charge in [-0.2, -0.15) is 5.26 Å². The van der Waals surface area contributed by atoms with Crippen molar-refractivity contribution in [1.29, 1.82) is 5.26 Å². The number of anilines is 1. The summed E-state index contributed by atoms with van der Waals surface area (Å²) in [6, 6.07) is 7.02. The van der Waals surface area contributed by atoms with Gasteiger partial charge < -0.3 is 15.0 Å². The summed E-state index contributed by atoms with van der Waals surface area (Å²) < 4.78 is 5.25. The van der Waals surface area contributed by atoms with Crippen molar-refractivity contribution in [1.82, 2.24) is 5.32 Å². The summed E-state index contributed by atoms with van der Waals surface area (Å²) in [5.74, 6) is 0.597. The number of amides is 1. The van der Waals surface area contributed by atoms with E-state index < -0.39 is 0 Å². The van der Waals surface area contributed by atoms with Gasteiger partial charge in [-0.3, -0.25) is 4.79 Å². The quantitative estimate of drug-likeness (QED) is 0.859. The van der Waals surface area contributed by atoms with Crippen LogP contribution in [0, 0.1) is 11.3 Å². The van der Waals surface area contributed by atoms with Gasteiger partial charge in [0.25, 0.3) is 0 Å². The number of ether oxygens (including phenoxy) is 1. The molecular formula is C13H15N3O2. The minimum absolute atomic E-state index is 0.0421. The average Bonchev–Trinajstić information content (AvgIpc) is 2.78. The van der Waals surface area contributed by atoms with Crippen molar-refractivity contribution < 1.29 is 9.53 Å². The summed E-state index contributed by atoms with van der Waals surface area (Å²) in [5, 5.41) is 11.8. The summed E-state index contributed by atoms with van der Waals surface area (Å²) in [6.07, 6.45) is 0.776. The van der Waals surface area contributed by atoms with Crippen LogP contribution in [0.15, 0.2) is 18.2 Å². The smallest absolute Gasteiger partial charge is 0.244 e. The van der Waals surface area contributed by atoms with Crippen molar-refractivity contribution in [3.63, 3.8) is 0 Å². The van der Waals surface area contributed by atoms with Crippen molar-refractivity contribution >= 4 is 11.6 Å². The molecular weight excluding hydrogens is 230 g/mol. The number of likely N-dealkylation sites (N-methyl/N-ethyl adjacent to an activating group) is 1. The molecule has 1 saturated heterocycles. The van der Waals surface area contributed by atoms with E-state index in [1.807, 2.05) is 0 Å². The number of carbonyl (C=O) groups excluding carboxylic acids is 1. The topological polar surface area (TPSA) is 65.4 Å². The van der Waals surface area contributed by atoms with Crippen LogP contribution in [0.1, 0.15) is 12.0 Å². The number of methoxy groups -OCH3 is 1. The number of nitriles is 1. The fourth-order valence-electron chi connectivity index (χ4n) is 2.16. The maximum Gasteiger partial charge on any atom is 0.244 e. The predicted molar refractivity (Wildman–Crippen MR) is 67.5 cm³/mol. The number of rotatable bonds is 3. The summed E-state index contributed by atoms with van der Waals surface area (Å²) >= 11 is 0. The molecule has 5 heteroatoms. The molecule has 0 radical (unpaired) electrons. The Morgan fingerprint density at radius 2 is 2.33 bits per heavy atom. The van der Waals surface area contributed by atoms with E-state index in [4.69, 9.17) is 10.00 Å². The molecule has 1 aliphatic heterocycles. The summed E-state index contributed by atoms with van der Waals surface area (Å²) in [5.41, 5.74) is 1.24.